The normalized spacial score (nSPS) is 10.7. The van der Waals surface area contributed by atoms with Crippen molar-refractivity contribution in [2.45, 2.75) is 39.5 Å². The van der Waals surface area contributed by atoms with E-state index in [1.54, 1.807) is 0 Å². The summed E-state index contributed by atoms with van der Waals surface area (Å²) in [6.07, 6.45) is 4.37. The first-order valence-corrected chi connectivity index (χ1v) is 6.97. The van der Waals surface area contributed by atoms with Gasteiger partial charge in [-0.3, -0.25) is 0 Å². The number of halogens is 2. The minimum Gasteiger partial charge on any atom is -0.397 e. The number of hydrogen-bond acceptors (Lipinski definition) is 2. The van der Waals surface area contributed by atoms with Crippen molar-refractivity contribution in [2.75, 3.05) is 23.7 Å². The first-order chi connectivity index (χ1) is 8.60. The van der Waals surface area contributed by atoms with E-state index in [4.69, 9.17) is 17.3 Å². The Hall–Kier alpha value is -0.960. The van der Waals surface area contributed by atoms with Gasteiger partial charge in [0.05, 0.1) is 16.4 Å². The van der Waals surface area contributed by atoms with Crippen LogP contribution in [0, 0.1) is 5.82 Å². The SMILES string of the molecule is CCCCN(CCCC)c1cc(F)c(Cl)cc1N. The fraction of sp³-hybridized carbons (Fsp3) is 0.571. The summed E-state index contributed by atoms with van der Waals surface area (Å²) in [6.45, 7) is 6.09. The summed E-state index contributed by atoms with van der Waals surface area (Å²) in [4.78, 5) is 2.15. The molecule has 0 heterocycles. The van der Waals surface area contributed by atoms with Crippen LogP contribution in [0.1, 0.15) is 39.5 Å². The molecule has 1 aromatic carbocycles. The van der Waals surface area contributed by atoms with Crippen molar-refractivity contribution in [1.82, 2.24) is 0 Å². The Morgan fingerprint density at radius 3 is 2.22 bits per heavy atom. The molecular formula is C14H22ClFN2. The van der Waals surface area contributed by atoms with E-state index in [0.717, 1.165) is 44.5 Å². The van der Waals surface area contributed by atoms with E-state index in [0.29, 0.717) is 5.69 Å². The molecule has 0 unspecified atom stereocenters. The molecule has 18 heavy (non-hydrogen) atoms. The topological polar surface area (TPSA) is 29.3 Å². The third-order valence-corrected chi connectivity index (χ3v) is 3.26. The van der Waals surface area contributed by atoms with Gasteiger partial charge in [0.1, 0.15) is 5.82 Å². The van der Waals surface area contributed by atoms with Crippen molar-refractivity contribution < 1.29 is 4.39 Å². The second-order valence-electron chi connectivity index (χ2n) is 4.52. The molecule has 0 spiro atoms. The Kier molecular flexibility index (Phi) is 6.27. The number of hydrogen-bond donors (Lipinski definition) is 1. The lowest BCUT2D eigenvalue weighted by Crippen LogP contribution is -2.26. The number of nitrogens with zero attached hydrogens (tertiary/aromatic N) is 1. The summed E-state index contributed by atoms with van der Waals surface area (Å²) in [5.41, 5.74) is 7.25. The molecule has 0 atom stereocenters. The highest BCUT2D eigenvalue weighted by Gasteiger charge is 2.12. The molecule has 0 amide bonds. The molecular weight excluding hydrogens is 251 g/mol. The highest BCUT2D eigenvalue weighted by Crippen LogP contribution is 2.29. The quantitative estimate of drug-likeness (QED) is 0.742. The number of nitrogens with two attached hydrogens (primary N) is 1. The molecule has 102 valence electrons. The molecule has 0 aliphatic rings. The van der Waals surface area contributed by atoms with Crippen LogP contribution in [-0.2, 0) is 0 Å². The molecule has 1 aromatic rings. The van der Waals surface area contributed by atoms with E-state index in [1.807, 2.05) is 0 Å². The van der Waals surface area contributed by atoms with Crippen molar-refractivity contribution >= 4 is 23.0 Å². The Morgan fingerprint density at radius 1 is 1.17 bits per heavy atom. The maximum Gasteiger partial charge on any atom is 0.144 e. The summed E-state index contributed by atoms with van der Waals surface area (Å²) in [5.74, 6) is -0.404. The molecule has 4 heteroatoms. The van der Waals surface area contributed by atoms with Crippen molar-refractivity contribution in [3.63, 3.8) is 0 Å². The molecule has 2 N–H and O–H groups in total. The molecule has 0 radical (unpaired) electrons. The minimum absolute atomic E-state index is 0.0854. The van der Waals surface area contributed by atoms with Gasteiger partial charge in [0.2, 0.25) is 0 Å². The summed E-state index contributed by atoms with van der Waals surface area (Å²) >= 11 is 5.73. The zero-order valence-corrected chi connectivity index (χ0v) is 11.9. The van der Waals surface area contributed by atoms with Gasteiger partial charge < -0.3 is 10.6 Å². The van der Waals surface area contributed by atoms with Crippen molar-refractivity contribution in [3.05, 3.63) is 23.0 Å². The van der Waals surface area contributed by atoms with Crippen LogP contribution in [0.15, 0.2) is 12.1 Å². The van der Waals surface area contributed by atoms with Gasteiger partial charge in [-0.15, -0.1) is 0 Å². The lowest BCUT2D eigenvalue weighted by atomic mass is 10.2. The predicted molar refractivity (Wildman–Crippen MR) is 77.9 cm³/mol. The zero-order valence-electron chi connectivity index (χ0n) is 11.2. The molecule has 0 saturated heterocycles. The second-order valence-corrected chi connectivity index (χ2v) is 4.93. The Morgan fingerprint density at radius 2 is 1.72 bits per heavy atom. The zero-order chi connectivity index (χ0) is 13.5. The molecule has 0 bridgehead atoms. The molecule has 0 aliphatic carbocycles. The Bertz CT molecular complexity index is 374. The maximum absolute atomic E-state index is 13.5. The average Bonchev–Trinajstić information content (AvgIpc) is 2.35. The van der Waals surface area contributed by atoms with Crippen LogP contribution in [0.3, 0.4) is 0 Å². The van der Waals surface area contributed by atoms with Crippen molar-refractivity contribution in [3.8, 4) is 0 Å². The lowest BCUT2D eigenvalue weighted by Gasteiger charge is -2.26. The smallest absolute Gasteiger partial charge is 0.144 e. The van der Waals surface area contributed by atoms with E-state index in [2.05, 4.69) is 18.7 Å². The van der Waals surface area contributed by atoms with Crippen LogP contribution in [0.4, 0.5) is 15.8 Å². The van der Waals surface area contributed by atoms with Gasteiger partial charge in [-0.25, -0.2) is 4.39 Å². The third kappa shape index (κ3) is 4.05. The van der Waals surface area contributed by atoms with Crippen molar-refractivity contribution in [1.29, 1.82) is 0 Å². The summed E-state index contributed by atoms with van der Waals surface area (Å²) in [6, 6.07) is 2.94. The van der Waals surface area contributed by atoms with E-state index < -0.39 is 5.82 Å². The van der Waals surface area contributed by atoms with E-state index in [1.165, 1.54) is 12.1 Å². The van der Waals surface area contributed by atoms with Gasteiger partial charge in [0.15, 0.2) is 0 Å². The van der Waals surface area contributed by atoms with Crippen LogP contribution in [0.2, 0.25) is 5.02 Å². The van der Waals surface area contributed by atoms with Gasteiger partial charge in [-0.2, -0.15) is 0 Å². The number of anilines is 2. The van der Waals surface area contributed by atoms with Gasteiger partial charge in [-0.05, 0) is 18.9 Å². The number of unbranched alkanes of at least 4 members (excludes halogenated alkanes) is 2. The maximum atomic E-state index is 13.5. The van der Waals surface area contributed by atoms with E-state index in [-0.39, 0.29) is 5.02 Å². The van der Waals surface area contributed by atoms with E-state index >= 15 is 0 Å². The first-order valence-electron chi connectivity index (χ1n) is 6.59. The molecule has 0 saturated carbocycles. The van der Waals surface area contributed by atoms with Gasteiger partial charge in [-0.1, -0.05) is 38.3 Å². The summed E-state index contributed by atoms with van der Waals surface area (Å²) < 4.78 is 13.5. The Balaban J connectivity index is 2.92. The molecule has 0 fully saturated rings. The first kappa shape index (κ1) is 15.1. The fourth-order valence-electron chi connectivity index (χ4n) is 1.88. The number of nitrogen functional groups attached to an aromatic ring is 1. The molecule has 0 aromatic heterocycles. The van der Waals surface area contributed by atoms with Gasteiger partial charge >= 0.3 is 0 Å². The summed E-state index contributed by atoms with van der Waals surface area (Å²) in [5, 5.41) is 0.0854. The highest BCUT2D eigenvalue weighted by atomic mass is 35.5. The second kappa shape index (κ2) is 7.47. The van der Waals surface area contributed by atoms with Gasteiger partial charge in [0.25, 0.3) is 0 Å². The van der Waals surface area contributed by atoms with E-state index in [9.17, 15) is 4.39 Å². The standard InChI is InChI=1S/C14H22ClFN2/c1-3-5-7-18(8-6-4-2)14-10-12(16)11(15)9-13(14)17/h9-10H,3-8,17H2,1-2H3. The average molecular weight is 273 g/mol. The fourth-order valence-corrected chi connectivity index (χ4v) is 2.05. The van der Waals surface area contributed by atoms with Gasteiger partial charge in [0, 0.05) is 19.2 Å². The van der Waals surface area contributed by atoms with Crippen LogP contribution in [-0.4, -0.2) is 13.1 Å². The molecule has 2 nitrogen and oxygen atoms in total. The minimum atomic E-state index is -0.404. The molecule has 1 rings (SSSR count). The Labute approximate surface area is 114 Å². The molecule has 0 aliphatic heterocycles. The van der Waals surface area contributed by atoms with Crippen LogP contribution in [0.5, 0.6) is 0 Å². The third-order valence-electron chi connectivity index (χ3n) is 2.97. The predicted octanol–water partition coefficient (Wildman–Crippen LogP) is 4.47. The number of rotatable bonds is 7. The number of benzene rings is 1. The summed E-state index contributed by atoms with van der Waals surface area (Å²) in [7, 11) is 0. The lowest BCUT2D eigenvalue weighted by molar-refractivity contribution is 0.624. The van der Waals surface area contributed by atoms with Crippen LogP contribution in [0.25, 0.3) is 0 Å². The monoisotopic (exact) mass is 272 g/mol. The highest BCUT2D eigenvalue weighted by molar-refractivity contribution is 6.31. The van der Waals surface area contributed by atoms with Crippen LogP contribution >= 0.6 is 11.6 Å². The largest absolute Gasteiger partial charge is 0.397 e. The van der Waals surface area contributed by atoms with Crippen LogP contribution < -0.4 is 10.6 Å². The van der Waals surface area contributed by atoms with Crippen molar-refractivity contribution in [2.24, 2.45) is 0 Å².